The van der Waals surface area contributed by atoms with E-state index >= 15 is 0 Å². The molecule has 0 spiro atoms. The van der Waals surface area contributed by atoms with E-state index in [9.17, 15) is 4.79 Å². The number of nitrogens with one attached hydrogen (secondary N) is 1. The van der Waals surface area contributed by atoms with Crippen LogP contribution in [0, 0.1) is 12.3 Å². The van der Waals surface area contributed by atoms with Crippen molar-refractivity contribution < 1.29 is 9.90 Å². The molecule has 0 aliphatic heterocycles. The molecule has 0 aromatic carbocycles. The molecule has 1 heterocycles. The van der Waals surface area contributed by atoms with E-state index in [-0.39, 0.29) is 0 Å². The van der Waals surface area contributed by atoms with Gasteiger partial charge in [0.05, 0.1) is 5.41 Å². The van der Waals surface area contributed by atoms with Crippen molar-refractivity contribution in [2.24, 2.45) is 5.41 Å². The monoisotopic (exact) mass is 207 g/mol. The molecule has 1 aromatic rings. The average Bonchev–Trinajstić information content (AvgIpc) is 2.96. The molecule has 1 fully saturated rings. The van der Waals surface area contributed by atoms with E-state index in [0.717, 1.165) is 12.8 Å². The standard InChI is InChI=1S/C10H13N3O2/c1-7-11-5-2-8(13-7)12-6-10(3-4-10)9(14)15/h2,5H,3-4,6H2,1H3,(H,14,15)(H,11,12,13). The molecular formula is C10H13N3O2. The molecule has 5 heteroatoms. The van der Waals surface area contributed by atoms with Crippen molar-refractivity contribution in [2.75, 3.05) is 11.9 Å². The summed E-state index contributed by atoms with van der Waals surface area (Å²) in [6, 6.07) is 1.74. The Balaban J connectivity index is 1.96. The van der Waals surface area contributed by atoms with Crippen molar-refractivity contribution in [3.8, 4) is 0 Å². The summed E-state index contributed by atoms with van der Waals surface area (Å²) < 4.78 is 0. The van der Waals surface area contributed by atoms with Gasteiger partial charge in [0.2, 0.25) is 0 Å². The minimum atomic E-state index is -0.722. The van der Waals surface area contributed by atoms with E-state index in [1.807, 2.05) is 0 Å². The van der Waals surface area contributed by atoms with Gasteiger partial charge in [-0.3, -0.25) is 4.79 Å². The summed E-state index contributed by atoms with van der Waals surface area (Å²) in [4.78, 5) is 19.0. The first-order chi connectivity index (χ1) is 7.12. The second kappa shape index (κ2) is 3.49. The Labute approximate surface area is 87.6 Å². The summed E-state index contributed by atoms with van der Waals surface area (Å²) in [5, 5.41) is 12.0. The number of aromatic nitrogens is 2. The Morgan fingerprint density at radius 3 is 2.93 bits per heavy atom. The third-order valence-electron chi connectivity index (χ3n) is 2.69. The summed E-state index contributed by atoms with van der Waals surface area (Å²) in [6.07, 6.45) is 3.16. The van der Waals surface area contributed by atoms with Crippen molar-refractivity contribution >= 4 is 11.8 Å². The highest BCUT2D eigenvalue weighted by molar-refractivity contribution is 5.78. The van der Waals surface area contributed by atoms with Crippen molar-refractivity contribution in [3.63, 3.8) is 0 Å². The molecule has 1 aliphatic carbocycles. The van der Waals surface area contributed by atoms with E-state index in [1.165, 1.54) is 0 Å². The Morgan fingerprint density at radius 2 is 2.40 bits per heavy atom. The number of nitrogens with zero attached hydrogens (tertiary/aromatic N) is 2. The smallest absolute Gasteiger partial charge is 0.311 e. The summed E-state index contributed by atoms with van der Waals surface area (Å²) >= 11 is 0. The van der Waals surface area contributed by atoms with Crippen LogP contribution < -0.4 is 5.32 Å². The van der Waals surface area contributed by atoms with Crippen molar-refractivity contribution in [3.05, 3.63) is 18.1 Å². The van der Waals surface area contributed by atoms with Crippen LogP contribution in [0.2, 0.25) is 0 Å². The lowest BCUT2D eigenvalue weighted by atomic mass is 10.1. The van der Waals surface area contributed by atoms with Crippen LogP contribution in [0.15, 0.2) is 12.3 Å². The van der Waals surface area contributed by atoms with Gasteiger partial charge in [0.25, 0.3) is 0 Å². The first kappa shape index (κ1) is 9.89. The van der Waals surface area contributed by atoms with Gasteiger partial charge in [-0.15, -0.1) is 0 Å². The van der Waals surface area contributed by atoms with Crippen LogP contribution in [-0.4, -0.2) is 27.6 Å². The number of anilines is 1. The predicted octanol–water partition coefficient (Wildman–Crippen LogP) is 1.06. The highest BCUT2D eigenvalue weighted by Gasteiger charge is 2.50. The number of carboxylic acid groups (broad SMARTS) is 1. The van der Waals surface area contributed by atoms with Gasteiger partial charge >= 0.3 is 5.97 Å². The number of rotatable bonds is 4. The SMILES string of the molecule is Cc1nccc(NCC2(C(=O)O)CC2)n1. The fourth-order valence-electron chi connectivity index (χ4n) is 1.43. The fourth-order valence-corrected chi connectivity index (χ4v) is 1.43. The molecule has 0 bridgehead atoms. The largest absolute Gasteiger partial charge is 0.481 e. The molecule has 2 N–H and O–H groups in total. The maximum Gasteiger partial charge on any atom is 0.311 e. The molecule has 0 radical (unpaired) electrons. The molecule has 1 aromatic heterocycles. The van der Waals surface area contributed by atoms with E-state index in [1.54, 1.807) is 19.2 Å². The number of carboxylic acids is 1. The number of aryl methyl sites for hydroxylation is 1. The number of carbonyl (C=O) groups is 1. The molecule has 0 unspecified atom stereocenters. The Morgan fingerprint density at radius 1 is 1.67 bits per heavy atom. The molecule has 0 saturated heterocycles. The molecule has 2 rings (SSSR count). The van der Waals surface area contributed by atoms with Crippen LogP contribution >= 0.6 is 0 Å². The summed E-state index contributed by atoms with van der Waals surface area (Å²) in [5.74, 6) is 0.649. The Kier molecular flexibility index (Phi) is 2.30. The second-order valence-electron chi connectivity index (χ2n) is 3.93. The molecule has 1 aliphatic rings. The zero-order valence-corrected chi connectivity index (χ0v) is 8.53. The molecule has 0 atom stereocenters. The zero-order chi connectivity index (χ0) is 10.9. The lowest BCUT2D eigenvalue weighted by molar-refractivity contribution is -0.142. The molecule has 80 valence electrons. The molecule has 0 amide bonds. The molecular weight excluding hydrogens is 194 g/mol. The fraction of sp³-hybridized carbons (Fsp3) is 0.500. The maximum absolute atomic E-state index is 10.9. The second-order valence-corrected chi connectivity index (χ2v) is 3.93. The Hall–Kier alpha value is -1.65. The minimum Gasteiger partial charge on any atom is -0.481 e. The third-order valence-corrected chi connectivity index (χ3v) is 2.69. The summed E-state index contributed by atoms with van der Waals surface area (Å²) in [7, 11) is 0. The van der Waals surface area contributed by atoms with E-state index < -0.39 is 11.4 Å². The van der Waals surface area contributed by atoms with E-state index in [4.69, 9.17) is 5.11 Å². The van der Waals surface area contributed by atoms with Gasteiger partial charge in [-0.25, -0.2) is 9.97 Å². The van der Waals surface area contributed by atoms with Crippen molar-refractivity contribution in [1.82, 2.24) is 9.97 Å². The van der Waals surface area contributed by atoms with Gasteiger partial charge in [0.15, 0.2) is 0 Å². The van der Waals surface area contributed by atoms with Crippen LogP contribution in [0.3, 0.4) is 0 Å². The van der Waals surface area contributed by atoms with E-state index in [0.29, 0.717) is 18.2 Å². The third kappa shape index (κ3) is 2.06. The zero-order valence-electron chi connectivity index (χ0n) is 8.53. The van der Waals surface area contributed by atoms with Crippen LogP contribution in [0.4, 0.5) is 5.82 Å². The topological polar surface area (TPSA) is 75.1 Å². The van der Waals surface area contributed by atoms with Gasteiger partial charge in [0.1, 0.15) is 11.6 Å². The first-order valence-electron chi connectivity index (χ1n) is 4.89. The van der Waals surface area contributed by atoms with Gasteiger partial charge in [-0.2, -0.15) is 0 Å². The van der Waals surface area contributed by atoms with E-state index in [2.05, 4.69) is 15.3 Å². The van der Waals surface area contributed by atoms with Gasteiger partial charge < -0.3 is 10.4 Å². The Bertz CT molecular complexity index is 388. The summed E-state index contributed by atoms with van der Waals surface area (Å²) in [5.41, 5.74) is -0.557. The minimum absolute atomic E-state index is 0.443. The molecule has 5 nitrogen and oxygen atoms in total. The van der Waals surface area contributed by atoms with Gasteiger partial charge in [0, 0.05) is 12.7 Å². The summed E-state index contributed by atoms with van der Waals surface area (Å²) in [6.45, 7) is 2.24. The van der Waals surface area contributed by atoms with Crippen molar-refractivity contribution in [2.45, 2.75) is 19.8 Å². The lowest BCUT2D eigenvalue weighted by Gasteiger charge is -2.11. The lowest BCUT2D eigenvalue weighted by Crippen LogP contribution is -2.24. The predicted molar refractivity (Wildman–Crippen MR) is 54.6 cm³/mol. The van der Waals surface area contributed by atoms with Crippen LogP contribution in [-0.2, 0) is 4.79 Å². The normalized spacial score (nSPS) is 17.1. The van der Waals surface area contributed by atoms with Gasteiger partial charge in [-0.1, -0.05) is 0 Å². The van der Waals surface area contributed by atoms with Crippen LogP contribution in [0.1, 0.15) is 18.7 Å². The maximum atomic E-state index is 10.9. The highest BCUT2D eigenvalue weighted by atomic mass is 16.4. The van der Waals surface area contributed by atoms with Gasteiger partial charge in [-0.05, 0) is 25.8 Å². The quantitative estimate of drug-likeness (QED) is 0.772. The van der Waals surface area contributed by atoms with Crippen LogP contribution in [0.5, 0.6) is 0 Å². The molecule has 15 heavy (non-hydrogen) atoms. The number of hydrogen-bond donors (Lipinski definition) is 2. The average molecular weight is 207 g/mol. The van der Waals surface area contributed by atoms with Crippen LogP contribution in [0.25, 0.3) is 0 Å². The highest BCUT2D eigenvalue weighted by Crippen LogP contribution is 2.45. The van der Waals surface area contributed by atoms with Crippen molar-refractivity contribution in [1.29, 1.82) is 0 Å². The number of hydrogen-bond acceptors (Lipinski definition) is 4. The number of aliphatic carboxylic acids is 1. The molecule has 1 saturated carbocycles. The first-order valence-corrected chi connectivity index (χ1v) is 4.89.